The largest absolute Gasteiger partial charge is 0.337 e. The van der Waals surface area contributed by atoms with E-state index in [0.717, 1.165) is 31.4 Å². The fourth-order valence-electron chi connectivity index (χ4n) is 2.15. The first-order valence-corrected chi connectivity index (χ1v) is 7.17. The Labute approximate surface area is 117 Å². The molecule has 0 radical (unpaired) electrons. The van der Waals surface area contributed by atoms with Gasteiger partial charge in [-0.05, 0) is 38.9 Å². The summed E-state index contributed by atoms with van der Waals surface area (Å²) in [5.74, 6) is 0. The fourth-order valence-corrected chi connectivity index (χ4v) is 3.39. The van der Waals surface area contributed by atoms with E-state index in [1.54, 1.807) is 0 Å². The number of nitrogens with one attached hydrogen (secondary N) is 2. The van der Waals surface area contributed by atoms with E-state index >= 15 is 0 Å². The number of hydrogen-bond acceptors (Lipinski definition) is 4. The van der Waals surface area contributed by atoms with Crippen LogP contribution in [0.5, 0.6) is 0 Å². The first kappa shape index (κ1) is 13.8. The van der Waals surface area contributed by atoms with E-state index in [4.69, 9.17) is 0 Å². The van der Waals surface area contributed by atoms with Crippen molar-refractivity contribution in [2.45, 2.75) is 19.3 Å². The van der Waals surface area contributed by atoms with Gasteiger partial charge in [0.15, 0.2) is 0 Å². The summed E-state index contributed by atoms with van der Waals surface area (Å²) in [6.07, 6.45) is 3.10. The first-order valence-electron chi connectivity index (χ1n) is 6.36. The number of likely N-dealkylation sites (N-methyl/N-ethyl adjacent to an activating group) is 1. The third-order valence-electron chi connectivity index (χ3n) is 3.10. The van der Waals surface area contributed by atoms with Crippen molar-refractivity contribution in [1.29, 1.82) is 5.26 Å². The highest BCUT2D eigenvalue weighted by atomic mass is 32.1. The average molecular weight is 278 g/mol. The Kier molecular flexibility index (Phi) is 4.40. The van der Waals surface area contributed by atoms with Crippen LogP contribution in [0.1, 0.15) is 22.4 Å². The highest BCUT2D eigenvalue weighted by molar-refractivity contribution is 7.16. The normalized spacial score (nSPS) is 13.2. The third-order valence-corrected chi connectivity index (χ3v) is 4.31. The lowest BCUT2D eigenvalue weighted by Crippen LogP contribution is -2.34. The molecule has 19 heavy (non-hydrogen) atoms. The highest BCUT2D eigenvalue weighted by Crippen LogP contribution is 2.38. The van der Waals surface area contributed by atoms with Crippen LogP contribution >= 0.6 is 11.3 Å². The molecule has 2 rings (SSSR count). The number of fused-ring (bicyclic) bond motifs is 1. The van der Waals surface area contributed by atoms with Crippen molar-refractivity contribution >= 4 is 22.4 Å². The maximum atomic E-state index is 11.7. The Morgan fingerprint density at radius 2 is 2.26 bits per heavy atom. The summed E-state index contributed by atoms with van der Waals surface area (Å²) in [7, 11) is 3.91. The average Bonchev–Trinajstić information content (AvgIpc) is 2.88. The standard InChI is InChI=1S/C13H18N4OS/c1-17(2)7-6-15-13(18)16-12-10(8-14)9-4-3-5-11(9)19-12/h3-7H2,1-2H3,(H2,15,16,18). The van der Waals surface area contributed by atoms with Gasteiger partial charge in [-0.3, -0.25) is 5.32 Å². The Morgan fingerprint density at radius 1 is 1.47 bits per heavy atom. The zero-order valence-electron chi connectivity index (χ0n) is 11.2. The van der Waals surface area contributed by atoms with Gasteiger partial charge < -0.3 is 10.2 Å². The van der Waals surface area contributed by atoms with Crippen LogP contribution in [0.15, 0.2) is 0 Å². The van der Waals surface area contributed by atoms with E-state index in [1.165, 1.54) is 16.2 Å². The van der Waals surface area contributed by atoms with Crippen LogP contribution in [0.4, 0.5) is 9.80 Å². The number of thiophene rings is 1. The summed E-state index contributed by atoms with van der Waals surface area (Å²) in [5, 5.41) is 15.5. The number of nitrogens with zero attached hydrogens (tertiary/aromatic N) is 2. The third kappa shape index (κ3) is 3.25. The number of rotatable bonds is 4. The molecule has 0 unspecified atom stereocenters. The van der Waals surface area contributed by atoms with Crippen LogP contribution in [0.2, 0.25) is 0 Å². The molecule has 102 valence electrons. The summed E-state index contributed by atoms with van der Waals surface area (Å²) in [6.45, 7) is 1.38. The van der Waals surface area contributed by atoms with Gasteiger partial charge in [-0.1, -0.05) is 0 Å². The molecule has 1 aromatic rings. The quantitative estimate of drug-likeness (QED) is 0.882. The van der Waals surface area contributed by atoms with Gasteiger partial charge >= 0.3 is 6.03 Å². The summed E-state index contributed by atoms with van der Waals surface area (Å²) in [4.78, 5) is 15.0. The van der Waals surface area contributed by atoms with Crippen molar-refractivity contribution in [3.63, 3.8) is 0 Å². The van der Waals surface area contributed by atoms with Crippen molar-refractivity contribution in [2.24, 2.45) is 0 Å². The zero-order chi connectivity index (χ0) is 13.8. The van der Waals surface area contributed by atoms with Crippen molar-refractivity contribution in [1.82, 2.24) is 10.2 Å². The molecular weight excluding hydrogens is 260 g/mol. The van der Waals surface area contributed by atoms with Gasteiger partial charge in [-0.25, -0.2) is 4.79 Å². The second-order valence-electron chi connectivity index (χ2n) is 4.86. The Hall–Kier alpha value is -1.58. The van der Waals surface area contributed by atoms with Crippen LogP contribution in [0, 0.1) is 11.3 Å². The molecule has 0 bridgehead atoms. The number of aryl methyl sites for hydroxylation is 1. The molecule has 1 aromatic heterocycles. The smallest absolute Gasteiger partial charge is 0.319 e. The predicted octanol–water partition coefficient (Wildman–Crippen LogP) is 1.79. The molecule has 0 aromatic carbocycles. The molecule has 1 heterocycles. The molecule has 0 saturated carbocycles. The van der Waals surface area contributed by atoms with Gasteiger partial charge in [-0.15, -0.1) is 11.3 Å². The van der Waals surface area contributed by atoms with E-state index in [1.807, 2.05) is 19.0 Å². The lowest BCUT2D eigenvalue weighted by molar-refractivity contribution is 0.251. The molecule has 0 fully saturated rings. The van der Waals surface area contributed by atoms with Crippen molar-refractivity contribution < 1.29 is 4.79 Å². The number of nitriles is 1. The van der Waals surface area contributed by atoms with Gasteiger partial charge in [0.1, 0.15) is 11.1 Å². The number of amides is 2. The number of carbonyl (C=O) groups excluding carboxylic acids is 1. The second kappa shape index (κ2) is 6.04. The molecule has 6 heteroatoms. The van der Waals surface area contributed by atoms with E-state index in [0.29, 0.717) is 17.1 Å². The molecule has 2 amide bonds. The second-order valence-corrected chi connectivity index (χ2v) is 5.96. The number of carbonyl (C=O) groups is 1. The molecule has 1 aliphatic carbocycles. The van der Waals surface area contributed by atoms with Gasteiger partial charge in [0.2, 0.25) is 0 Å². The molecule has 0 atom stereocenters. The summed E-state index contributed by atoms with van der Waals surface area (Å²) >= 11 is 1.54. The highest BCUT2D eigenvalue weighted by Gasteiger charge is 2.22. The van der Waals surface area contributed by atoms with Crippen molar-refractivity contribution in [2.75, 3.05) is 32.5 Å². The minimum absolute atomic E-state index is 0.238. The van der Waals surface area contributed by atoms with Gasteiger partial charge in [0.25, 0.3) is 0 Å². The van der Waals surface area contributed by atoms with Crippen molar-refractivity contribution in [3.05, 3.63) is 16.0 Å². The zero-order valence-corrected chi connectivity index (χ0v) is 12.1. The predicted molar refractivity (Wildman–Crippen MR) is 76.6 cm³/mol. The van der Waals surface area contributed by atoms with E-state index in [9.17, 15) is 10.1 Å². The molecule has 1 aliphatic rings. The molecule has 0 aliphatic heterocycles. The molecule has 2 N–H and O–H groups in total. The van der Waals surface area contributed by atoms with Crippen LogP contribution in [0.25, 0.3) is 0 Å². The van der Waals surface area contributed by atoms with Crippen LogP contribution in [-0.2, 0) is 12.8 Å². The SMILES string of the molecule is CN(C)CCNC(=O)Nc1sc2c(c1C#N)CCC2. The minimum atomic E-state index is -0.238. The summed E-state index contributed by atoms with van der Waals surface area (Å²) in [6, 6.07) is 1.98. The number of urea groups is 1. The lowest BCUT2D eigenvalue weighted by atomic mass is 10.1. The fraction of sp³-hybridized carbons (Fsp3) is 0.538. The maximum Gasteiger partial charge on any atom is 0.319 e. The van der Waals surface area contributed by atoms with E-state index in [-0.39, 0.29) is 6.03 Å². The minimum Gasteiger partial charge on any atom is -0.337 e. The van der Waals surface area contributed by atoms with Crippen LogP contribution in [0.3, 0.4) is 0 Å². The lowest BCUT2D eigenvalue weighted by Gasteiger charge is -2.10. The maximum absolute atomic E-state index is 11.7. The van der Waals surface area contributed by atoms with E-state index < -0.39 is 0 Å². The van der Waals surface area contributed by atoms with Gasteiger partial charge in [0, 0.05) is 18.0 Å². The Morgan fingerprint density at radius 3 is 2.95 bits per heavy atom. The number of anilines is 1. The van der Waals surface area contributed by atoms with Gasteiger partial charge in [0.05, 0.1) is 5.56 Å². The number of hydrogen-bond donors (Lipinski definition) is 2. The molecular formula is C13H18N4OS. The topological polar surface area (TPSA) is 68.2 Å². The molecule has 5 nitrogen and oxygen atoms in total. The summed E-state index contributed by atoms with van der Waals surface area (Å²) < 4.78 is 0. The van der Waals surface area contributed by atoms with E-state index in [2.05, 4.69) is 16.7 Å². The first-order chi connectivity index (χ1) is 9.11. The monoisotopic (exact) mass is 278 g/mol. The van der Waals surface area contributed by atoms with Crippen LogP contribution in [-0.4, -0.2) is 38.1 Å². The molecule has 0 saturated heterocycles. The van der Waals surface area contributed by atoms with Gasteiger partial charge in [-0.2, -0.15) is 5.26 Å². The van der Waals surface area contributed by atoms with Crippen LogP contribution < -0.4 is 10.6 Å². The Bertz CT molecular complexity index is 515. The van der Waals surface area contributed by atoms with Crippen molar-refractivity contribution in [3.8, 4) is 6.07 Å². The Balaban J connectivity index is 1.96. The summed E-state index contributed by atoms with van der Waals surface area (Å²) in [5.41, 5.74) is 1.79. The molecule has 0 spiro atoms.